The molecule has 6 nitrogen and oxygen atoms in total. The van der Waals surface area contributed by atoms with Gasteiger partial charge in [-0.05, 0) is 66.4 Å². The number of amides is 1. The minimum absolute atomic E-state index is 0.111. The maximum Gasteiger partial charge on any atom is 0.259 e. The van der Waals surface area contributed by atoms with Crippen molar-refractivity contribution < 1.29 is 13.2 Å². The van der Waals surface area contributed by atoms with Crippen molar-refractivity contribution in [3.8, 4) is 0 Å². The third kappa shape index (κ3) is 4.63. The zero-order valence-electron chi connectivity index (χ0n) is 16.1. The Kier molecular flexibility index (Phi) is 5.74. The number of anilines is 2. The van der Waals surface area contributed by atoms with E-state index in [-0.39, 0.29) is 11.7 Å². The number of aromatic nitrogens is 1. The summed E-state index contributed by atoms with van der Waals surface area (Å²) < 4.78 is 27.8. The van der Waals surface area contributed by atoms with Crippen LogP contribution in [0.1, 0.15) is 27.9 Å². The van der Waals surface area contributed by atoms with Crippen LogP contribution in [-0.2, 0) is 22.2 Å². The quantitative estimate of drug-likeness (QED) is 0.641. The Labute approximate surface area is 180 Å². The fourth-order valence-corrected chi connectivity index (χ4v) is 4.85. The van der Waals surface area contributed by atoms with Gasteiger partial charge in [-0.15, -0.1) is 0 Å². The summed E-state index contributed by atoms with van der Waals surface area (Å²) in [6, 6.07) is 15.5. The smallest absolute Gasteiger partial charge is 0.259 e. The summed E-state index contributed by atoms with van der Waals surface area (Å²) in [7, 11) is -3.58. The van der Waals surface area contributed by atoms with E-state index in [0.717, 1.165) is 24.1 Å². The Hall–Kier alpha value is -2.90. The highest BCUT2D eigenvalue weighted by atomic mass is 35.5. The number of fused-ring (bicyclic) bond motifs is 1. The van der Waals surface area contributed by atoms with Gasteiger partial charge in [-0.1, -0.05) is 23.7 Å². The number of nitrogens with one attached hydrogen (secondary N) is 1. The molecule has 154 valence electrons. The van der Waals surface area contributed by atoms with E-state index < -0.39 is 10.0 Å². The second kappa shape index (κ2) is 8.45. The lowest BCUT2D eigenvalue weighted by Crippen LogP contribution is -2.35. The van der Waals surface area contributed by atoms with Crippen LogP contribution in [0.5, 0.6) is 0 Å². The highest BCUT2D eigenvalue weighted by Gasteiger charge is 2.24. The van der Waals surface area contributed by atoms with Crippen molar-refractivity contribution in [3.05, 3.63) is 88.7 Å². The highest BCUT2D eigenvalue weighted by Crippen LogP contribution is 2.31. The van der Waals surface area contributed by atoms with Crippen LogP contribution in [0.3, 0.4) is 0 Å². The van der Waals surface area contributed by atoms with Gasteiger partial charge in [-0.2, -0.15) is 0 Å². The van der Waals surface area contributed by atoms with Gasteiger partial charge in [-0.3, -0.25) is 14.5 Å². The van der Waals surface area contributed by atoms with Crippen molar-refractivity contribution in [1.29, 1.82) is 0 Å². The van der Waals surface area contributed by atoms with Crippen LogP contribution in [0.25, 0.3) is 0 Å². The van der Waals surface area contributed by atoms with Gasteiger partial charge >= 0.3 is 0 Å². The van der Waals surface area contributed by atoms with E-state index in [0.29, 0.717) is 28.4 Å². The Morgan fingerprint density at radius 3 is 2.67 bits per heavy atom. The number of hydrogen-bond acceptors (Lipinski definition) is 4. The van der Waals surface area contributed by atoms with Crippen molar-refractivity contribution in [3.63, 3.8) is 0 Å². The molecule has 0 radical (unpaired) electrons. The third-order valence-corrected chi connectivity index (χ3v) is 6.41. The first-order valence-electron chi connectivity index (χ1n) is 9.51. The van der Waals surface area contributed by atoms with Crippen LogP contribution < -0.4 is 9.62 Å². The van der Waals surface area contributed by atoms with Crippen molar-refractivity contribution in [1.82, 2.24) is 4.98 Å². The average molecular weight is 442 g/mol. The standard InChI is InChI=1S/C22H20ClN3O3S/c23-19-7-5-16(6-8-19)15-30(28,29)25-20-9-10-21-17(13-20)4-2-12-26(21)22(27)18-3-1-11-24-14-18/h1,3,5-11,13-14,25H,2,4,12,15H2. The van der Waals surface area contributed by atoms with Gasteiger partial charge in [0.1, 0.15) is 0 Å². The van der Waals surface area contributed by atoms with Gasteiger partial charge in [0.05, 0.1) is 11.3 Å². The second-order valence-corrected chi connectivity index (χ2v) is 9.29. The maximum absolute atomic E-state index is 12.9. The van der Waals surface area contributed by atoms with Gasteiger partial charge in [0, 0.05) is 35.3 Å². The molecule has 0 saturated heterocycles. The number of hydrogen-bond donors (Lipinski definition) is 1. The molecular formula is C22H20ClN3O3S. The molecule has 0 spiro atoms. The summed E-state index contributed by atoms with van der Waals surface area (Å²) >= 11 is 5.86. The van der Waals surface area contributed by atoms with E-state index in [1.165, 1.54) is 0 Å². The molecule has 2 heterocycles. The lowest BCUT2D eigenvalue weighted by molar-refractivity contribution is 0.0984. The van der Waals surface area contributed by atoms with E-state index in [1.807, 2.05) is 0 Å². The summed E-state index contributed by atoms with van der Waals surface area (Å²) in [4.78, 5) is 18.6. The molecule has 3 aromatic rings. The highest BCUT2D eigenvalue weighted by molar-refractivity contribution is 7.91. The number of pyridine rings is 1. The lowest BCUT2D eigenvalue weighted by atomic mass is 10.0. The molecule has 4 rings (SSSR count). The van der Waals surface area contributed by atoms with Crippen LogP contribution in [0.15, 0.2) is 67.0 Å². The zero-order valence-corrected chi connectivity index (χ0v) is 17.7. The van der Waals surface area contributed by atoms with Crippen LogP contribution >= 0.6 is 11.6 Å². The van der Waals surface area contributed by atoms with Gasteiger partial charge in [0.25, 0.3) is 5.91 Å². The molecule has 1 aliphatic heterocycles. The molecule has 30 heavy (non-hydrogen) atoms. The lowest BCUT2D eigenvalue weighted by Gasteiger charge is -2.30. The molecule has 1 aromatic heterocycles. The Morgan fingerprint density at radius 2 is 1.93 bits per heavy atom. The molecule has 8 heteroatoms. The Bertz CT molecular complexity index is 1170. The number of carbonyl (C=O) groups excluding carboxylic acids is 1. The van der Waals surface area contributed by atoms with Gasteiger partial charge in [0.2, 0.25) is 10.0 Å². The zero-order chi connectivity index (χ0) is 21.1. The van der Waals surface area contributed by atoms with E-state index >= 15 is 0 Å². The molecule has 0 aliphatic carbocycles. The molecule has 0 atom stereocenters. The third-order valence-electron chi connectivity index (χ3n) is 4.90. The molecule has 0 bridgehead atoms. The van der Waals surface area contributed by atoms with E-state index in [4.69, 9.17) is 11.6 Å². The summed E-state index contributed by atoms with van der Waals surface area (Å²) in [6.45, 7) is 0.613. The number of carbonyl (C=O) groups is 1. The van der Waals surface area contributed by atoms with Crippen LogP contribution in [0.4, 0.5) is 11.4 Å². The summed E-state index contributed by atoms with van der Waals surface area (Å²) in [5.74, 6) is -0.257. The minimum Gasteiger partial charge on any atom is -0.308 e. The van der Waals surface area contributed by atoms with Gasteiger partial charge in [0.15, 0.2) is 0 Å². The number of halogens is 1. The average Bonchev–Trinajstić information content (AvgIpc) is 2.74. The molecule has 1 amide bonds. The topological polar surface area (TPSA) is 79.4 Å². The summed E-state index contributed by atoms with van der Waals surface area (Å²) in [6.07, 6.45) is 4.76. The number of sulfonamides is 1. The van der Waals surface area contributed by atoms with E-state index in [2.05, 4.69) is 9.71 Å². The predicted octanol–water partition coefficient (Wildman–Crippen LogP) is 4.27. The Morgan fingerprint density at radius 1 is 1.13 bits per heavy atom. The van der Waals surface area contributed by atoms with Crippen LogP contribution in [-0.4, -0.2) is 25.9 Å². The number of aryl methyl sites for hydroxylation is 1. The molecule has 0 fully saturated rings. The fourth-order valence-electron chi connectivity index (χ4n) is 3.53. The molecule has 1 N–H and O–H groups in total. The summed E-state index contributed by atoms with van der Waals surface area (Å²) in [5.41, 5.74) is 3.40. The number of rotatable bonds is 5. The molecule has 0 unspecified atom stereocenters. The second-order valence-electron chi connectivity index (χ2n) is 7.13. The van der Waals surface area contributed by atoms with Gasteiger partial charge < -0.3 is 4.90 Å². The predicted molar refractivity (Wildman–Crippen MR) is 118 cm³/mol. The van der Waals surface area contributed by atoms with Crippen LogP contribution in [0.2, 0.25) is 5.02 Å². The normalized spacial score (nSPS) is 13.6. The molecule has 1 aliphatic rings. The van der Waals surface area contributed by atoms with Gasteiger partial charge in [-0.25, -0.2) is 8.42 Å². The first-order chi connectivity index (χ1) is 14.4. The van der Waals surface area contributed by atoms with Crippen molar-refractivity contribution in [2.45, 2.75) is 18.6 Å². The van der Waals surface area contributed by atoms with Crippen molar-refractivity contribution >= 4 is 38.9 Å². The molecule has 0 saturated carbocycles. The van der Waals surface area contributed by atoms with Crippen molar-refractivity contribution in [2.75, 3.05) is 16.2 Å². The van der Waals surface area contributed by atoms with E-state index in [1.54, 1.807) is 71.9 Å². The van der Waals surface area contributed by atoms with Crippen molar-refractivity contribution in [2.24, 2.45) is 0 Å². The maximum atomic E-state index is 12.9. The largest absolute Gasteiger partial charge is 0.308 e. The Balaban J connectivity index is 1.53. The SMILES string of the molecule is O=C(c1cccnc1)N1CCCc2cc(NS(=O)(=O)Cc3ccc(Cl)cc3)ccc21. The first-order valence-corrected chi connectivity index (χ1v) is 11.5. The fraction of sp³-hybridized carbons (Fsp3) is 0.182. The molecular weight excluding hydrogens is 422 g/mol. The monoisotopic (exact) mass is 441 g/mol. The number of nitrogens with zero attached hydrogens (tertiary/aromatic N) is 2. The minimum atomic E-state index is -3.58. The first kappa shape index (κ1) is 20.4. The number of benzene rings is 2. The molecule has 2 aromatic carbocycles. The van der Waals surface area contributed by atoms with E-state index in [9.17, 15) is 13.2 Å². The summed E-state index contributed by atoms with van der Waals surface area (Å²) in [5, 5.41) is 0.559. The van der Waals surface area contributed by atoms with Crippen LogP contribution in [0, 0.1) is 0 Å².